The van der Waals surface area contributed by atoms with Crippen molar-refractivity contribution in [3.63, 3.8) is 0 Å². The largest absolute Gasteiger partial charge is 0.486 e. The van der Waals surface area contributed by atoms with Gasteiger partial charge >= 0.3 is 5.97 Å². The maximum atomic E-state index is 13.5. The predicted octanol–water partition coefficient (Wildman–Crippen LogP) is 6.46. The topological polar surface area (TPSA) is 82.9 Å². The van der Waals surface area contributed by atoms with Crippen LogP contribution in [-0.2, 0) is 20.9 Å². The number of hydrogen-bond acceptors (Lipinski definition) is 6. The average Bonchev–Trinajstić information content (AvgIpc) is 3.12. The first kappa shape index (κ1) is 27.8. The highest BCUT2D eigenvalue weighted by atomic mass is 79.9. The molecule has 1 aliphatic heterocycles. The summed E-state index contributed by atoms with van der Waals surface area (Å²) in [6.07, 6.45) is 1.64. The lowest BCUT2D eigenvalue weighted by Crippen LogP contribution is -2.35. The molecule has 0 aliphatic carbocycles. The molecule has 0 aromatic heterocycles. The van der Waals surface area contributed by atoms with E-state index in [4.69, 9.17) is 33.3 Å². The lowest BCUT2D eigenvalue weighted by atomic mass is 10.1. The van der Waals surface area contributed by atoms with Crippen molar-refractivity contribution in [2.75, 3.05) is 18.6 Å². The number of esters is 1. The minimum atomic E-state index is -0.548. The van der Waals surface area contributed by atoms with Gasteiger partial charge in [-0.15, -0.1) is 0 Å². The number of rotatable bonds is 7. The zero-order chi connectivity index (χ0) is 27.4. The third kappa shape index (κ3) is 5.92. The quantitative estimate of drug-likeness (QED) is 0.162. The lowest BCUT2D eigenvalue weighted by molar-refractivity contribution is -0.140. The van der Waals surface area contributed by atoms with Gasteiger partial charge in [0.2, 0.25) is 0 Å². The van der Waals surface area contributed by atoms with Crippen LogP contribution in [0.25, 0.3) is 6.08 Å². The number of ether oxygens (including phenoxy) is 2. The van der Waals surface area contributed by atoms with Crippen molar-refractivity contribution in [1.82, 2.24) is 4.90 Å². The van der Waals surface area contributed by atoms with Crippen molar-refractivity contribution in [2.24, 2.45) is 0 Å². The van der Waals surface area contributed by atoms with E-state index in [1.807, 2.05) is 12.1 Å². The van der Waals surface area contributed by atoms with E-state index in [0.29, 0.717) is 36.5 Å². The molecule has 11 heteroatoms. The highest BCUT2D eigenvalue weighted by Gasteiger charge is 2.40. The van der Waals surface area contributed by atoms with Crippen LogP contribution in [0.15, 0.2) is 75.3 Å². The van der Waals surface area contributed by atoms with Gasteiger partial charge in [-0.25, -0.2) is 0 Å². The van der Waals surface area contributed by atoms with Gasteiger partial charge in [0, 0.05) is 10.6 Å². The number of nitrogens with zero attached hydrogens (tertiary/aromatic N) is 3. The fraction of sp³-hybridized carbons (Fsp3) is 0.111. The summed E-state index contributed by atoms with van der Waals surface area (Å²) in [7, 11) is 1.27. The normalized spacial score (nSPS) is 14.1. The van der Waals surface area contributed by atoms with Crippen LogP contribution < -0.4 is 9.64 Å². The summed E-state index contributed by atoms with van der Waals surface area (Å²) < 4.78 is 12.0. The maximum Gasteiger partial charge on any atom is 0.325 e. The molecule has 1 amide bonds. The van der Waals surface area contributed by atoms with Gasteiger partial charge in [0.1, 0.15) is 24.6 Å². The molecule has 7 nitrogen and oxygen atoms in total. The van der Waals surface area contributed by atoms with E-state index in [1.54, 1.807) is 54.6 Å². The Morgan fingerprint density at radius 3 is 2.42 bits per heavy atom. The van der Waals surface area contributed by atoms with Crippen LogP contribution in [0.2, 0.25) is 5.02 Å². The van der Waals surface area contributed by atoms with E-state index < -0.39 is 11.9 Å². The van der Waals surface area contributed by atoms with Crippen LogP contribution in [0, 0.1) is 11.3 Å². The zero-order valence-corrected chi connectivity index (χ0v) is 24.5. The first-order valence-electron chi connectivity index (χ1n) is 11.0. The third-order valence-electron chi connectivity index (χ3n) is 5.57. The Labute approximate surface area is 246 Å². The number of nitriles is 1. The van der Waals surface area contributed by atoms with E-state index in [1.165, 1.54) is 16.9 Å². The molecule has 0 unspecified atom stereocenters. The number of halogens is 3. The van der Waals surface area contributed by atoms with Crippen molar-refractivity contribution < 1.29 is 19.1 Å². The maximum absolute atomic E-state index is 13.5. The SMILES string of the molecule is COC(=O)CN1C(=S)N(c2ccc(Cl)cc2)C(=O)/C1=C/c1cc(Br)c(OCc2ccccc2C#N)c(Br)c1. The van der Waals surface area contributed by atoms with Gasteiger partial charge in [-0.1, -0.05) is 29.8 Å². The van der Waals surface area contributed by atoms with E-state index in [0.717, 1.165) is 5.56 Å². The molecular formula is C27H18Br2ClN3O4S. The number of carbonyl (C=O) groups is 2. The summed E-state index contributed by atoms with van der Waals surface area (Å²) >= 11 is 18.7. The minimum absolute atomic E-state index is 0.142. The highest BCUT2D eigenvalue weighted by Crippen LogP contribution is 2.37. The number of anilines is 1. The number of methoxy groups -OCH3 is 1. The van der Waals surface area contributed by atoms with Crippen molar-refractivity contribution in [1.29, 1.82) is 5.26 Å². The molecule has 0 spiro atoms. The van der Waals surface area contributed by atoms with Crippen LogP contribution in [0.1, 0.15) is 16.7 Å². The Hall–Kier alpha value is -3.23. The van der Waals surface area contributed by atoms with Crippen LogP contribution >= 0.6 is 55.7 Å². The van der Waals surface area contributed by atoms with Gasteiger partial charge in [-0.2, -0.15) is 5.26 Å². The number of carbonyl (C=O) groups excluding carboxylic acids is 2. The second kappa shape index (κ2) is 12.1. The standard InChI is InChI=1S/C27H18Br2ClN3O4S/c1-36-24(34)14-32-23(26(35)33(27(32)38)20-8-6-19(30)7-9-20)12-16-10-21(28)25(22(29)11-16)37-15-18-5-3-2-4-17(18)13-31/h2-12H,14-15H2,1H3/b23-12-. The molecule has 1 fully saturated rings. The summed E-state index contributed by atoms with van der Waals surface area (Å²) in [5.74, 6) is -0.419. The number of benzene rings is 3. The van der Waals surface area contributed by atoms with Crippen LogP contribution in [0.5, 0.6) is 5.75 Å². The van der Waals surface area contributed by atoms with E-state index in [9.17, 15) is 14.9 Å². The molecule has 0 saturated carbocycles. The van der Waals surface area contributed by atoms with Gasteiger partial charge in [0.05, 0.1) is 33.4 Å². The Morgan fingerprint density at radius 1 is 1.13 bits per heavy atom. The summed E-state index contributed by atoms with van der Waals surface area (Å²) in [6, 6.07) is 19.6. The third-order valence-corrected chi connectivity index (χ3v) is 7.40. The summed E-state index contributed by atoms with van der Waals surface area (Å²) in [5, 5.41) is 9.98. The second-order valence-corrected chi connectivity index (χ2v) is 10.5. The lowest BCUT2D eigenvalue weighted by Gasteiger charge is -2.19. The van der Waals surface area contributed by atoms with E-state index in [2.05, 4.69) is 37.9 Å². The van der Waals surface area contributed by atoms with Crippen LogP contribution in [-0.4, -0.2) is 35.5 Å². The molecule has 1 heterocycles. The molecule has 38 heavy (non-hydrogen) atoms. The fourth-order valence-electron chi connectivity index (χ4n) is 3.71. The molecular weight excluding hydrogens is 658 g/mol. The Morgan fingerprint density at radius 2 is 1.79 bits per heavy atom. The predicted molar refractivity (Wildman–Crippen MR) is 156 cm³/mol. The number of thiocarbonyl (C=S) groups is 1. The Kier molecular flexibility index (Phi) is 8.84. The Bertz CT molecular complexity index is 1480. The first-order valence-corrected chi connectivity index (χ1v) is 13.4. The molecule has 0 atom stereocenters. The molecule has 3 aromatic rings. The van der Waals surface area contributed by atoms with Crippen LogP contribution in [0.4, 0.5) is 5.69 Å². The zero-order valence-electron chi connectivity index (χ0n) is 19.8. The van der Waals surface area contributed by atoms with Gasteiger partial charge in [0.25, 0.3) is 5.91 Å². The molecule has 0 N–H and O–H groups in total. The molecule has 3 aromatic carbocycles. The molecule has 1 aliphatic rings. The van der Waals surface area contributed by atoms with Gasteiger partial charge in [-0.3, -0.25) is 14.5 Å². The Balaban J connectivity index is 1.66. The molecule has 0 radical (unpaired) electrons. The average molecular weight is 676 g/mol. The van der Waals surface area contributed by atoms with Crippen molar-refractivity contribution >= 4 is 84.4 Å². The van der Waals surface area contributed by atoms with Crippen LogP contribution in [0.3, 0.4) is 0 Å². The van der Waals surface area contributed by atoms with Crippen molar-refractivity contribution in [2.45, 2.75) is 6.61 Å². The second-order valence-electron chi connectivity index (χ2n) is 7.96. The minimum Gasteiger partial charge on any atom is -0.486 e. The monoisotopic (exact) mass is 673 g/mol. The van der Waals surface area contributed by atoms with Gasteiger partial charge < -0.3 is 14.4 Å². The summed E-state index contributed by atoms with van der Waals surface area (Å²) in [6.45, 7) is -0.0457. The molecule has 1 saturated heterocycles. The van der Waals surface area contributed by atoms with Gasteiger partial charge in [-0.05, 0) is 98.2 Å². The van der Waals surface area contributed by atoms with Gasteiger partial charge in [0.15, 0.2) is 5.11 Å². The molecule has 192 valence electrons. The molecule has 0 bridgehead atoms. The highest BCUT2D eigenvalue weighted by molar-refractivity contribution is 9.11. The van der Waals surface area contributed by atoms with E-state index in [-0.39, 0.29) is 24.0 Å². The summed E-state index contributed by atoms with van der Waals surface area (Å²) in [4.78, 5) is 28.4. The molecule has 4 rings (SSSR count). The first-order chi connectivity index (χ1) is 18.2. The summed E-state index contributed by atoms with van der Waals surface area (Å²) in [5.41, 5.74) is 2.66. The number of amides is 1. The van der Waals surface area contributed by atoms with Crippen molar-refractivity contribution in [3.05, 3.63) is 97.0 Å². The fourth-order valence-corrected chi connectivity index (χ4v) is 5.64. The smallest absolute Gasteiger partial charge is 0.325 e. The number of hydrogen-bond donors (Lipinski definition) is 0. The van der Waals surface area contributed by atoms with Crippen molar-refractivity contribution in [3.8, 4) is 11.8 Å². The van der Waals surface area contributed by atoms with E-state index >= 15 is 0 Å².